The molecule has 0 saturated heterocycles. The van der Waals surface area contributed by atoms with Crippen molar-refractivity contribution in [3.05, 3.63) is 0 Å². The van der Waals surface area contributed by atoms with Crippen LogP contribution in [0, 0.1) is 11.8 Å². The van der Waals surface area contributed by atoms with Crippen molar-refractivity contribution in [3.63, 3.8) is 0 Å². The van der Waals surface area contributed by atoms with Gasteiger partial charge in [0.1, 0.15) is 12.1 Å². The molecule has 9 heteroatoms. The maximum absolute atomic E-state index is 12.5. The fraction of sp³-hybridized carbons (Fsp3) is 0.800. The summed E-state index contributed by atoms with van der Waals surface area (Å²) in [5, 5.41) is 14.8. The summed E-state index contributed by atoms with van der Waals surface area (Å²) < 4.78 is 5.40. The number of carboxylic acid groups (broad SMARTS) is 2. The van der Waals surface area contributed by atoms with Crippen molar-refractivity contribution in [2.45, 2.75) is 83.9 Å². The Morgan fingerprint density at radius 1 is 1.03 bits per heavy atom. The third-order valence-electron chi connectivity index (χ3n) is 5.23. The molecule has 1 unspecified atom stereocenters. The zero-order valence-electron chi connectivity index (χ0n) is 17.7. The fourth-order valence-corrected chi connectivity index (χ4v) is 4.12. The van der Waals surface area contributed by atoms with Gasteiger partial charge in [0.25, 0.3) is 0 Å². The van der Waals surface area contributed by atoms with Crippen molar-refractivity contribution in [2.75, 3.05) is 6.54 Å². The predicted octanol–water partition coefficient (Wildman–Crippen LogP) is 1.63. The maximum Gasteiger partial charge on any atom is 0.414 e. The molecule has 4 N–H and O–H groups in total. The number of carbonyl (C=O) groups excluding carboxylic acids is 2. The molecule has 9 nitrogen and oxygen atoms in total. The largest absolute Gasteiger partial charge is 0.473 e. The van der Waals surface area contributed by atoms with Gasteiger partial charge in [0.2, 0.25) is 5.91 Å². The summed E-state index contributed by atoms with van der Waals surface area (Å²) in [6, 6.07) is -0.450. The number of ether oxygens (including phenoxy) is 1. The molecule has 2 fully saturated rings. The molecule has 0 radical (unpaired) electrons. The van der Waals surface area contributed by atoms with Gasteiger partial charge in [-0.3, -0.25) is 9.59 Å². The molecular formula is C20H34N2O7. The number of nitrogens with zero attached hydrogens (tertiary/aromatic N) is 1. The summed E-state index contributed by atoms with van der Waals surface area (Å²) in [4.78, 5) is 44.6. The quantitative estimate of drug-likeness (QED) is 0.464. The second kappa shape index (κ2) is 10.6. The highest BCUT2D eigenvalue weighted by molar-refractivity contribution is 6.27. The van der Waals surface area contributed by atoms with Gasteiger partial charge in [0.15, 0.2) is 0 Å². The van der Waals surface area contributed by atoms with Gasteiger partial charge in [0.05, 0.1) is 6.04 Å². The van der Waals surface area contributed by atoms with Crippen molar-refractivity contribution in [1.82, 2.24) is 4.90 Å². The maximum atomic E-state index is 12.5. The number of rotatable bonds is 4. The smallest absolute Gasteiger partial charge is 0.414 e. The molecule has 29 heavy (non-hydrogen) atoms. The summed E-state index contributed by atoms with van der Waals surface area (Å²) in [6.45, 7) is 7.22. The molecule has 0 aromatic heterocycles. The SMILES string of the molecule is C[C@H](N)C(=O)N(CC(=O)OC(C)(C)C)C1C[C@H]2CCCC[C@H]2C1.O=C(O)C(=O)O. The van der Waals surface area contributed by atoms with Crippen LogP contribution < -0.4 is 5.73 Å². The second-order valence-electron chi connectivity index (χ2n) is 8.88. The molecule has 4 atom stereocenters. The van der Waals surface area contributed by atoms with Crippen molar-refractivity contribution in [3.8, 4) is 0 Å². The Kier molecular flexibility index (Phi) is 9.07. The Bertz CT molecular complexity index is 586. The number of fused-ring (bicyclic) bond motifs is 1. The van der Waals surface area contributed by atoms with E-state index in [1.807, 2.05) is 20.8 Å². The Hall–Kier alpha value is -2.16. The van der Waals surface area contributed by atoms with E-state index in [-0.39, 0.29) is 24.5 Å². The van der Waals surface area contributed by atoms with E-state index in [9.17, 15) is 9.59 Å². The standard InChI is InChI=1S/C18H32N2O3.C2H2O4/c1-12(19)17(22)20(11-16(21)23-18(2,3)4)15-9-13-7-5-6-8-14(13)10-15;3-1(4)2(5)6/h12-15H,5-11,19H2,1-4H3;(H,3,4)(H,5,6)/t12-,13-,14+,15?;/m0./s1. The molecular weight excluding hydrogens is 380 g/mol. The monoisotopic (exact) mass is 414 g/mol. The zero-order valence-corrected chi connectivity index (χ0v) is 17.7. The molecule has 0 aromatic rings. The van der Waals surface area contributed by atoms with Crippen molar-refractivity contribution in [1.29, 1.82) is 0 Å². The Morgan fingerprint density at radius 2 is 1.48 bits per heavy atom. The highest BCUT2D eigenvalue weighted by Crippen LogP contribution is 2.44. The predicted molar refractivity (Wildman–Crippen MR) is 105 cm³/mol. The van der Waals surface area contributed by atoms with Crippen LogP contribution in [0.25, 0.3) is 0 Å². The van der Waals surface area contributed by atoms with Gasteiger partial charge >= 0.3 is 17.9 Å². The van der Waals surface area contributed by atoms with Crippen LogP contribution in [0.2, 0.25) is 0 Å². The van der Waals surface area contributed by atoms with Crippen LogP contribution >= 0.6 is 0 Å². The number of hydrogen-bond acceptors (Lipinski definition) is 6. The van der Waals surface area contributed by atoms with E-state index in [0.717, 1.165) is 12.8 Å². The summed E-state index contributed by atoms with van der Waals surface area (Å²) in [5.74, 6) is -2.72. The van der Waals surface area contributed by atoms with Crippen LogP contribution in [-0.4, -0.2) is 63.2 Å². The highest BCUT2D eigenvalue weighted by Gasteiger charge is 2.40. The first kappa shape index (κ1) is 24.9. The minimum atomic E-state index is -1.82. The van der Waals surface area contributed by atoms with Gasteiger partial charge in [-0.05, 0) is 52.4 Å². The van der Waals surface area contributed by atoms with E-state index in [1.54, 1.807) is 11.8 Å². The van der Waals surface area contributed by atoms with Crippen molar-refractivity contribution >= 4 is 23.8 Å². The van der Waals surface area contributed by atoms with Crippen LogP contribution in [0.5, 0.6) is 0 Å². The molecule has 0 spiro atoms. The minimum Gasteiger partial charge on any atom is -0.473 e. The molecule has 2 aliphatic rings. The summed E-state index contributed by atoms with van der Waals surface area (Å²) >= 11 is 0. The molecule has 2 rings (SSSR count). The van der Waals surface area contributed by atoms with Gasteiger partial charge in [0, 0.05) is 6.04 Å². The Labute approximate surface area is 171 Å². The average molecular weight is 414 g/mol. The van der Waals surface area contributed by atoms with Gasteiger partial charge in [-0.1, -0.05) is 25.7 Å². The lowest BCUT2D eigenvalue weighted by Gasteiger charge is -2.31. The first-order valence-electron chi connectivity index (χ1n) is 10.1. The molecule has 166 valence electrons. The topological polar surface area (TPSA) is 147 Å². The van der Waals surface area contributed by atoms with Crippen LogP contribution in [0.15, 0.2) is 0 Å². The lowest BCUT2D eigenvalue weighted by atomic mass is 9.82. The normalized spacial score (nSPS) is 24.4. The number of carbonyl (C=O) groups is 4. The third-order valence-corrected chi connectivity index (χ3v) is 5.23. The van der Waals surface area contributed by atoms with Gasteiger partial charge in [-0.15, -0.1) is 0 Å². The highest BCUT2D eigenvalue weighted by atomic mass is 16.6. The molecule has 0 heterocycles. The van der Waals surface area contributed by atoms with E-state index in [2.05, 4.69) is 0 Å². The summed E-state index contributed by atoms with van der Waals surface area (Å²) in [7, 11) is 0. The van der Waals surface area contributed by atoms with E-state index in [4.69, 9.17) is 30.3 Å². The number of esters is 1. The molecule has 0 aliphatic heterocycles. The number of hydrogen-bond donors (Lipinski definition) is 3. The van der Waals surface area contributed by atoms with Gasteiger partial charge in [-0.2, -0.15) is 0 Å². The first-order chi connectivity index (χ1) is 13.3. The number of amides is 1. The molecule has 2 aliphatic carbocycles. The van der Waals surface area contributed by atoms with E-state index in [0.29, 0.717) is 11.8 Å². The number of nitrogens with two attached hydrogens (primary N) is 1. The lowest BCUT2D eigenvalue weighted by Crippen LogP contribution is -2.50. The number of aliphatic carboxylic acids is 2. The van der Waals surface area contributed by atoms with Crippen LogP contribution in [0.1, 0.15) is 66.2 Å². The number of carboxylic acids is 2. The molecule has 0 aromatic carbocycles. The fourth-order valence-electron chi connectivity index (χ4n) is 4.12. The Morgan fingerprint density at radius 3 is 1.83 bits per heavy atom. The second-order valence-corrected chi connectivity index (χ2v) is 8.88. The average Bonchev–Trinajstić information content (AvgIpc) is 3.01. The van der Waals surface area contributed by atoms with E-state index in [1.165, 1.54) is 25.7 Å². The van der Waals surface area contributed by atoms with Gasteiger partial charge in [-0.25, -0.2) is 9.59 Å². The summed E-state index contributed by atoms with van der Waals surface area (Å²) in [5.41, 5.74) is 5.27. The van der Waals surface area contributed by atoms with Crippen molar-refractivity contribution < 1.29 is 34.1 Å². The van der Waals surface area contributed by atoms with E-state index < -0.39 is 23.6 Å². The van der Waals surface area contributed by atoms with Gasteiger partial charge < -0.3 is 25.6 Å². The van der Waals surface area contributed by atoms with Crippen LogP contribution in [0.4, 0.5) is 0 Å². The minimum absolute atomic E-state index is 0.0156. The van der Waals surface area contributed by atoms with Crippen molar-refractivity contribution in [2.24, 2.45) is 17.6 Å². The molecule has 1 amide bonds. The zero-order chi connectivity index (χ0) is 22.4. The van der Waals surface area contributed by atoms with E-state index >= 15 is 0 Å². The summed E-state index contributed by atoms with van der Waals surface area (Å²) in [6.07, 6.45) is 7.11. The van der Waals surface area contributed by atoms with Crippen LogP contribution in [0.3, 0.4) is 0 Å². The molecule has 0 bridgehead atoms. The van der Waals surface area contributed by atoms with Crippen LogP contribution in [-0.2, 0) is 23.9 Å². The first-order valence-corrected chi connectivity index (χ1v) is 10.1. The molecule has 2 saturated carbocycles. The lowest BCUT2D eigenvalue weighted by molar-refractivity contribution is -0.160. The third kappa shape index (κ3) is 8.39. The Balaban J connectivity index is 0.000000612.